The van der Waals surface area contributed by atoms with Crippen LogP contribution in [0.25, 0.3) is 0 Å². The molecule has 1 N–H and O–H groups in total. The number of halogens is 2. The number of benzene rings is 2. The van der Waals surface area contributed by atoms with Crippen molar-refractivity contribution in [1.29, 1.82) is 0 Å². The third kappa shape index (κ3) is 4.08. The molecule has 0 saturated heterocycles. The van der Waals surface area contributed by atoms with Gasteiger partial charge in [0.1, 0.15) is 0 Å². The molecule has 0 aliphatic rings. The zero-order chi connectivity index (χ0) is 16.3. The number of nitrogens with one attached hydrogen (secondary N) is 1. The Labute approximate surface area is 139 Å². The van der Waals surface area contributed by atoms with Gasteiger partial charge >= 0.3 is 0 Å². The van der Waals surface area contributed by atoms with Crippen molar-refractivity contribution in [1.82, 2.24) is 4.72 Å². The van der Waals surface area contributed by atoms with E-state index in [1.54, 1.807) is 24.3 Å². The number of hydrogen-bond acceptors (Lipinski definition) is 3. The van der Waals surface area contributed by atoms with Gasteiger partial charge in [0.15, 0.2) is 5.78 Å². The molecule has 2 aromatic rings. The Hall–Kier alpha value is -1.40. The van der Waals surface area contributed by atoms with Crippen molar-refractivity contribution in [3.05, 3.63) is 63.6 Å². The molecular weight excluding hydrogens is 345 g/mol. The molecule has 0 radical (unpaired) electrons. The van der Waals surface area contributed by atoms with E-state index in [-0.39, 0.29) is 17.2 Å². The highest BCUT2D eigenvalue weighted by Gasteiger charge is 2.15. The molecule has 2 rings (SSSR count). The summed E-state index contributed by atoms with van der Waals surface area (Å²) in [5.74, 6) is -0.196. The van der Waals surface area contributed by atoms with Crippen LogP contribution in [0.2, 0.25) is 10.0 Å². The highest BCUT2D eigenvalue weighted by Crippen LogP contribution is 2.21. The molecule has 0 atom stereocenters. The maximum Gasteiger partial charge on any atom is 0.240 e. The molecule has 0 aliphatic heterocycles. The summed E-state index contributed by atoms with van der Waals surface area (Å²) in [6.07, 6.45) is 0. The highest BCUT2D eigenvalue weighted by atomic mass is 35.5. The second-order valence-corrected chi connectivity index (χ2v) is 7.25. The minimum atomic E-state index is -3.74. The van der Waals surface area contributed by atoms with Gasteiger partial charge in [0.05, 0.1) is 4.90 Å². The van der Waals surface area contributed by atoms with E-state index in [0.29, 0.717) is 21.2 Å². The zero-order valence-corrected chi connectivity index (χ0v) is 14.0. The van der Waals surface area contributed by atoms with Crippen molar-refractivity contribution in [2.45, 2.75) is 18.4 Å². The summed E-state index contributed by atoms with van der Waals surface area (Å²) in [6, 6.07) is 10.7. The van der Waals surface area contributed by atoms with Crippen molar-refractivity contribution in [2.24, 2.45) is 0 Å². The minimum Gasteiger partial charge on any atom is -0.295 e. The molecule has 0 aliphatic carbocycles. The predicted octanol–water partition coefficient (Wildman–Crippen LogP) is 3.67. The van der Waals surface area contributed by atoms with Crippen LogP contribution in [0.3, 0.4) is 0 Å². The van der Waals surface area contributed by atoms with E-state index in [2.05, 4.69) is 4.72 Å². The maximum absolute atomic E-state index is 12.3. The zero-order valence-electron chi connectivity index (χ0n) is 11.6. The molecule has 22 heavy (non-hydrogen) atoms. The quantitative estimate of drug-likeness (QED) is 0.830. The lowest BCUT2D eigenvalue weighted by Gasteiger charge is -2.09. The van der Waals surface area contributed by atoms with Gasteiger partial charge in [-0.3, -0.25) is 4.79 Å². The normalized spacial score (nSPS) is 11.4. The Kier molecular flexibility index (Phi) is 5.24. The van der Waals surface area contributed by atoms with Crippen molar-refractivity contribution < 1.29 is 13.2 Å². The SMILES string of the molecule is CC(=O)c1cccc(S(=O)(=O)NCc2ccc(Cl)cc2Cl)c1. The molecule has 4 nitrogen and oxygen atoms in total. The molecule has 0 bridgehead atoms. The average Bonchev–Trinajstić information content (AvgIpc) is 2.46. The summed E-state index contributed by atoms with van der Waals surface area (Å²) in [5, 5.41) is 0.860. The lowest BCUT2D eigenvalue weighted by atomic mass is 10.2. The van der Waals surface area contributed by atoms with Crippen LogP contribution in [-0.4, -0.2) is 14.2 Å². The number of rotatable bonds is 5. The Morgan fingerprint density at radius 3 is 2.50 bits per heavy atom. The van der Waals surface area contributed by atoms with Crippen molar-refractivity contribution in [2.75, 3.05) is 0 Å². The Balaban J connectivity index is 2.21. The van der Waals surface area contributed by atoms with E-state index < -0.39 is 10.0 Å². The number of Topliss-reactive ketones (excluding diaryl/α,β-unsaturated/α-hetero) is 1. The Bertz CT molecular complexity index is 819. The number of carbonyl (C=O) groups is 1. The molecule has 0 aromatic heterocycles. The second-order valence-electron chi connectivity index (χ2n) is 4.64. The van der Waals surface area contributed by atoms with Gasteiger partial charge in [-0.15, -0.1) is 0 Å². The van der Waals surface area contributed by atoms with E-state index in [9.17, 15) is 13.2 Å². The van der Waals surface area contributed by atoms with Crippen LogP contribution in [-0.2, 0) is 16.6 Å². The van der Waals surface area contributed by atoms with Crippen LogP contribution in [0.5, 0.6) is 0 Å². The number of carbonyl (C=O) groups excluding carboxylic acids is 1. The predicted molar refractivity (Wildman–Crippen MR) is 86.9 cm³/mol. The van der Waals surface area contributed by atoms with Crippen LogP contribution >= 0.6 is 23.2 Å². The first kappa shape index (κ1) is 17.0. The van der Waals surface area contributed by atoms with Gasteiger partial charge in [-0.1, -0.05) is 41.4 Å². The van der Waals surface area contributed by atoms with Gasteiger partial charge < -0.3 is 0 Å². The number of sulfonamides is 1. The Morgan fingerprint density at radius 1 is 1.14 bits per heavy atom. The summed E-state index contributed by atoms with van der Waals surface area (Å²) in [4.78, 5) is 11.4. The standard InChI is InChI=1S/C15H13Cl2NO3S/c1-10(19)11-3-2-4-14(7-11)22(20,21)18-9-12-5-6-13(16)8-15(12)17/h2-8,18H,9H2,1H3. The van der Waals surface area contributed by atoms with Gasteiger partial charge in [-0.05, 0) is 36.8 Å². The molecule has 0 amide bonds. The average molecular weight is 358 g/mol. The maximum atomic E-state index is 12.3. The van der Waals surface area contributed by atoms with E-state index in [1.807, 2.05) is 0 Å². The first-order valence-electron chi connectivity index (χ1n) is 6.34. The summed E-state index contributed by atoms with van der Waals surface area (Å²) in [7, 11) is -3.74. The summed E-state index contributed by atoms with van der Waals surface area (Å²) >= 11 is 11.8. The summed E-state index contributed by atoms with van der Waals surface area (Å²) in [6.45, 7) is 1.41. The molecule has 0 spiro atoms. The fourth-order valence-electron chi connectivity index (χ4n) is 1.80. The van der Waals surface area contributed by atoms with Crippen LogP contribution in [0, 0.1) is 0 Å². The minimum absolute atomic E-state index is 0.0304. The largest absolute Gasteiger partial charge is 0.295 e. The highest BCUT2D eigenvalue weighted by molar-refractivity contribution is 7.89. The molecule has 0 saturated carbocycles. The fourth-order valence-corrected chi connectivity index (χ4v) is 3.33. The van der Waals surface area contributed by atoms with Crippen LogP contribution in [0.4, 0.5) is 0 Å². The topological polar surface area (TPSA) is 63.2 Å². The van der Waals surface area contributed by atoms with Gasteiger partial charge in [-0.25, -0.2) is 13.1 Å². The first-order chi connectivity index (χ1) is 10.3. The third-order valence-electron chi connectivity index (χ3n) is 3.02. The molecule has 0 heterocycles. The first-order valence-corrected chi connectivity index (χ1v) is 8.58. The second kappa shape index (κ2) is 6.79. The molecule has 0 unspecified atom stereocenters. The van der Waals surface area contributed by atoms with E-state index >= 15 is 0 Å². The van der Waals surface area contributed by atoms with E-state index in [1.165, 1.54) is 25.1 Å². The van der Waals surface area contributed by atoms with E-state index in [0.717, 1.165) is 0 Å². The monoisotopic (exact) mass is 357 g/mol. The molecule has 0 fully saturated rings. The Morgan fingerprint density at radius 2 is 1.86 bits per heavy atom. The van der Waals surface area contributed by atoms with Gasteiger partial charge in [0.25, 0.3) is 0 Å². The lowest BCUT2D eigenvalue weighted by molar-refractivity contribution is 0.101. The number of hydrogen-bond donors (Lipinski definition) is 1. The van der Waals surface area contributed by atoms with Crippen LogP contribution < -0.4 is 4.72 Å². The lowest BCUT2D eigenvalue weighted by Crippen LogP contribution is -2.23. The van der Waals surface area contributed by atoms with Crippen molar-refractivity contribution in [3.8, 4) is 0 Å². The van der Waals surface area contributed by atoms with Gasteiger partial charge in [-0.2, -0.15) is 0 Å². The smallest absolute Gasteiger partial charge is 0.240 e. The fraction of sp³-hybridized carbons (Fsp3) is 0.133. The summed E-state index contributed by atoms with van der Waals surface area (Å²) < 4.78 is 27.0. The van der Waals surface area contributed by atoms with Gasteiger partial charge in [0.2, 0.25) is 10.0 Å². The molecule has 7 heteroatoms. The third-order valence-corrected chi connectivity index (χ3v) is 5.00. The van der Waals surface area contributed by atoms with E-state index in [4.69, 9.17) is 23.2 Å². The van der Waals surface area contributed by atoms with Crippen LogP contribution in [0.1, 0.15) is 22.8 Å². The van der Waals surface area contributed by atoms with Gasteiger partial charge in [0, 0.05) is 22.2 Å². The number of ketones is 1. The molecule has 2 aromatic carbocycles. The van der Waals surface area contributed by atoms with Crippen LogP contribution in [0.15, 0.2) is 47.4 Å². The van der Waals surface area contributed by atoms with Crippen molar-refractivity contribution >= 4 is 39.0 Å². The van der Waals surface area contributed by atoms with Crippen molar-refractivity contribution in [3.63, 3.8) is 0 Å². The summed E-state index contributed by atoms with van der Waals surface area (Å²) in [5.41, 5.74) is 0.949. The molecule has 116 valence electrons. The molecular formula is C15H13Cl2NO3S.